The predicted molar refractivity (Wildman–Crippen MR) is 103 cm³/mol. The van der Waals surface area contributed by atoms with Crippen molar-refractivity contribution in [3.63, 3.8) is 0 Å². The Balaban J connectivity index is 2.46. The number of alkyl halides is 2. The van der Waals surface area contributed by atoms with Crippen molar-refractivity contribution >= 4 is 23.9 Å². The molecule has 27 heavy (non-hydrogen) atoms. The van der Waals surface area contributed by atoms with Crippen molar-refractivity contribution in [3.05, 3.63) is 17.7 Å². The zero-order chi connectivity index (χ0) is 20.8. The van der Waals surface area contributed by atoms with Crippen molar-refractivity contribution in [1.82, 2.24) is 4.72 Å². The number of halogens is 2. The van der Waals surface area contributed by atoms with E-state index in [9.17, 15) is 13.3 Å². The lowest BCUT2D eigenvalue weighted by atomic mass is 9.77. The summed E-state index contributed by atoms with van der Waals surface area (Å²) in [5, 5.41) is 0. The Morgan fingerprint density at radius 3 is 2.11 bits per heavy atom. The van der Waals surface area contributed by atoms with Gasteiger partial charge < -0.3 is 18.6 Å². The van der Waals surface area contributed by atoms with Gasteiger partial charge in [0.25, 0.3) is 0 Å². The van der Waals surface area contributed by atoms with E-state index in [0.717, 1.165) is 0 Å². The highest BCUT2D eigenvalue weighted by Crippen LogP contribution is 2.38. The van der Waals surface area contributed by atoms with Crippen LogP contribution in [0.4, 0.5) is 8.78 Å². The zero-order valence-electron chi connectivity index (χ0n) is 17.1. The summed E-state index contributed by atoms with van der Waals surface area (Å²) in [5.41, 5.74) is -0.947. The number of hydrogen-bond donors (Lipinski definition) is 1. The van der Waals surface area contributed by atoms with Gasteiger partial charge in [0.2, 0.25) is 0 Å². The summed E-state index contributed by atoms with van der Waals surface area (Å²) in [7, 11) is -0.861. The fraction of sp³-hybridized carbons (Fsp3) is 0.667. The highest BCUT2D eigenvalue weighted by atomic mass is 32.2. The lowest BCUT2D eigenvalue weighted by Crippen LogP contribution is -2.41. The van der Waals surface area contributed by atoms with E-state index in [1.807, 2.05) is 48.5 Å². The molecule has 1 aliphatic heterocycles. The molecule has 5 nitrogen and oxygen atoms in total. The molecule has 0 aromatic heterocycles. The Hall–Kier alpha value is -0.865. The minimum Gasteiger partial charge on any atom is -0.593 e. The summed E-state index contributed by atoms with van der Waals surface area (Å²) < 4.78 is 58.5. The molecule has 0 saturated carbocycles. The van der Waals surface area contributed by atoms with Crippen LogP contribution in [-0.4, -0.2) is 35.0 Å². The summed E-state index contributed by atoms with van der Waals surface area (Å²) in [6.45, 7) is 11.7. The van der Waals surface area contributed by atoms with Gasteiger partial charge in [-0.2, -0.15) is 8.78 Å². The molecule has 0 spiro atoms. The third-order valence-corrected chi connectivity index (χ3v) is 6.34. The number of rotatable bonds is 5. The first-order valence-corrected chi connectivity index (χ1v) is 9.93. The van der Waals surface area contributed by atoms with Crippen LogP contribution in [0.1, 0.15) is 54.0 Å². The quantitative estimate of drug-likeness (QED) is 0.604. The van der Waals surface area contributed by atoms with Gasteiger partial charge in [-0.1, -0.05) is 6.07 Å². The molecule has 0 aliphatic carbocycles. The average Bonchev–Trinajstić information content (AvgIpc) is 2.66. The van der Waals surface area contributed by atoms with E-state index in [-0.39, 0.29) is 5.75 Å². The lowest BCUT2D eigenvalue weighted by molar-refractivity contribution is -0.0498. The third-order valence-electron chi connectivity index (χ3n) is 4.70. The second-order valence-corrected chi connectivity index (χ2v) is 9.88. The van der Waals surface area contributed by atoms with Crippen LogP contribution < -0.4 is 14.9 Å². The molecular weight excluding hydrogens is 375 g/mol. The van der Waals surface area contributed by atoms with Gasteiger partial charge in [0.15, 0.2) is 4.90 Å². The number of benzene rings is 1. The molecule has 0 bridgehead atoms. The van der Waals surface area contributed by atoms with Gasteiger partial charge in [-0.05, 0) is 61.5 Å². The van der Waals surface area contributed by atoms with Gasteiger partial charge >= 0.3 is 13.7 Å². The van der Waals surface area contributed by atoms with Crippen molar-refractivity contribution in [2.75, 3.05) is 0 Å². The van der Waals surface area contributed by atoms with Crippen LogP contribution in [0, 0.1) is 6.92 Å². The molecule has 1 aliphatic rings. The smallest absolute Gasteiger partial charge is 0.498 e. The molecule has 0 radical (unpaired) electrons. The van der Waals surface area contributed by atoms with E-state index in [1.54, 1.807) is 19.1 Å². The Kier molecular flexibility index (Phi) is 6.24. The minimum absolute atomic E-state index is 0.0648. The van der Waals surface area contributed by atoms with Gasteiger partial charge in [-0.25, -0.2) is 0 Å². The minimum atomic E-state index is -3.02. The highest BCUT2D eigenvalue weighted by molar-refractivity contribution is 7.89. The lowest BCUT2D eigenvalue weighted by Gasteiger charge is -2.32. The predicted octanol–water partition coefficient (Wildman–Crippen LogP) is 3.31. The number of hydrogen-bond acceptors (Lipinski definition) is 5. The van der Waals surface area contributed by atoms with E-state index in [0.29, 0.717) is 15.9 Å². The third kappa shape index (κ3) is 4.95. The van der Waals surface area contributed by atoms with Crippen molar-refractivity contribution < 1.29 is 27.4 Å². The van der Waals surface area contributed by atoms with Crippen LogP contribution in [0.3, 0.4) is 0 Å². The average molecular weight is 403 g/mol. The first-order valence-electron chi connectivity index (χ1n) is 8.78. The normalized spacial score (nSPS) is 20.2. The fourth-order valence-electron chi connectivity index (χ4n) is 2.63. The highest BCUT2D eigenvalue weighted by Gasteiger charge is 2.53. The SMILES string of the molecule is Cc1c([S+]([O-])NC(C)(C)C)ccc(B2OC(C)(C)C(C)(C)O2)c1OC(F)F. The van der Waals surface area contributed by atoms with Crippen LogP contribution in [0.15, 0.2) is 17.0 Å². The molecule has 2 rings (SSSR count). The maximum absolute atomic E-state index is 13.1. The Bertz CT molecular complexity index is 679. The van der Waals surface area contributed by atoms with Gasteiger partial charge in [0.1, 0.15) is 5.75 Å². The second kappa shape index (κ2) is 7.52. The van der Waals surface area contributed by atoms with E-state index < -0.39 is 41.8 Å². The molecule has 1 aromatic rings. The maximum atomic E-state index is 13.1. The summed E-state index contributed by atoms with van der Waals surface area (Å²) in [6.07, 6.45) is 0. The molecule has 9 heteroatoms. The summed E-state index contributed by atoms with van der Waals surface area (Å²) in [4.78, 5) is 0.376. The molecule has 0 amide bonds. The first-order chi connectivity index (χ1) is 12.1. The van der Waals surface area contributed by atoms with Crippen LogP contribution >= 0.6 is 0 Å². The first kappa shape index (κ1) is 22.4. The summed E-state index contributed by atoms with van der Waals surface area (Å²) in [5.74, 6) is -0.0648. The molecule has 1 N–H and O–H groups in total. The second-order valence-electron chi connectivity index (χ2n) is 8.69. The van der Waals surface area contributed by atoms with E-state index in [4.69, 9.17) is 14.0 Å². The maximum Gasteiger partial charge on any atom is 0.498 e. The fourth-order valence-corrected chi connectivity index (χ4v) is 3.86. The standard InChI is InChI=1S/C18H28BF2NO4S/c1-11-13(27(23)22-16(2,3)4)10-9-12(14(11)24-15(20)21)19-25-17(5,6)18(7,8)26-19/h9-10,15,22H,1-8H3. The van der Waals surface area contributed by atoms with Crippen LogP contribution in [0.2, 0.25) is 0 Å². The van der Waals surface area contributed by atoms with Crippen LogP contribution in [0.25, 0.3) is 0 Å². The molecule has 1 aromatic carbocycles. The molecule has 1 atom stereocenters. The van der Waals surface area contributed by atoms with Gasteiger partial charge in [0.05, 0.1) is 28.1 Å². The Morgan fingerprint density at radius 1 is 1.15 bits per heavy atom. The largest absolute Gasteiger partial charge is 0.593 e. The molecule has 1 unspecified atom stereocenters. The summed E-state index contributed by atoms with van der Waals surface area (Å²) in [6, 6.07) is 3.20. The topological polar surface area (TPSA) is 62.8 Å². The van der Waals surface area contributed by atoms with E-state index in [1.165, 1.54) is 0 Å². The van der Waals surface area contributed by atoms with Crippen LogP contribution in [0.5, 0.6) is 5.75 Å². The molecule has 1 fully saturated rings. The van der Waals surface area contributed by atoms with Gasteiger partial charge in [0, 0.05) is 11.0 Å². The monoisotopic (exact) mass is 403 g/mol. The molecular formula is C18H28BF2NO4S. The van der Waals surface area contributed by atoms with Crippen molar-refractivity contribution in [2.24, 2.45) is 0 Å². The van der Waals surface area contributed by atoms with E-state index >= 15 is 0 Å². The van der Waals surface area contributed by atoms with Crippen LogP contribution in [-0.2, 0) is 20.7 Å². The Labute approximate surface area is 163 Å². The zero-order valence-corrected chi connectivity index (χ0v) is 17.9. The van der Waals surface area contributed by atoms with Gasteiger partial charge in [-0.3, -0.25) is 0 Å². The number of ether oxygens (including phenoxy) is 1. The Morgan fingerprint density at radius 2 is 1.67 bits per heavy atom. The van der Waals surface area contributed by atoms with Crippen molar-refractivity contribution in [2.45, 2.75) is 83.6 Å². The van der Waals surface area contributed by atoms with Gasteiger partial charge in [-0.15, -0.1) is 4.72 Å². The molecule has 152 valence electrons. The summed E-state index contributed by atoms with van der Waals surface area (Å²) >= 11 is -1.59. The number of nitrogens with one attached hydrogen (secondary N) is 1. The van der Waals surface area contributed by atoms with Crippen molar-refractivity contribution in [3.8, 4) is 5.75 Å². The molecule has 1 saturated heterocycles. The molecule has 1 heterocycles. The van der Waals surface area contributed by atoms with Crippen molar-refractivity contribution in [1.29, 1.82) is 0 Å². The van der Waals surface area contributed by atoms with E-state index in [2.05, 4.69) is 4.72 Å².